The van der Waals surface area contributed by atoms with Crippen molar-refractivity contribution in [3.63, 3.8) is 0 Å². The number of carbonyl (C=O) groups excluding carboxylic acids is 4. The van der Waals surface area contributed by atoms with Gasteiger partial charge in [-0.2, -0.15) is 0 Å². The number of hydrogen-bond acceptors (Lipinski definition) is 6. The number of nitrogens with one attached hydrogen (secondary N) is 1. The van der Waals surface area contributed by atoms with Gasteiger partial charge >= 0.3 is 5.97 Å². The smallest absolute Gasteiger partial charge is 0.326 e. The standard InChI is InChI=1S/C23H29N3O5/c27-20(24-16-8-10-17(11-9-16)25-12-4-1-5-13-25)15-31-21(28)14-26-22(29)18-6-2-3-7-19(18)23(26)30/h8-11,18-19H,1-7,12-15H2,(H,24,27)/t18-,19-/m1/s1. The first-order valence-corrected chi connectivity index (χ1v) is 11.2. The lowest BCUT2D eigenvalue weighted by atomic mass is 9.81. The fraction of sp³-hybridized carbons (Fsp3) is 0.565. The van der Waals surface area contributed by atoms with Gasteiger partial charge in [-0.1, -0.05) is 12.8 Å². The van der Waals surface area contributed by atoms with Crippen LogP contribution in [0.15, 0.2) is 24.3 Å². The van der Waals surface area contributed by atoms with Gasteiger partial charge in [0.2, 0.25) is 11.8 Å². The van der Waals surface area contributed by atoms with Crippen LogP contribution in [0.4, 0.5) is 11.4 Å². The summed E-state index contributed by atoms with van der Waals surface area (Å²) in [6, 6.07) is 7.59. The zero-order valence-corrected chi connectivity index (χ0v) is 17.7. The fourth-order valence-electron chi connectivity index (χ4n) is 4.81. The van der Waals surface area contributed by atoms with E-state index in [1.807, 2.05) is 24.3 Å². The Kier molecular flexibility index (Phi) is 6.53. The minimum absolute atomic E-state index is 0.287. The van der Waals surface area contributed by atoms with Gasteiger partial charge in [0.15, 0.2) is 6.61 Å². The molecule has 1 N–H and O–H groups in total. The Hall–Kier alpha value is -2.90. The highest BCUT2D eigenvalue weighted by atomic mass is 16.5. The number of benzene rings is 1. The van der Waals surface area contributed by atoms with Crippen molar-refractivity contribution >= 4 is 35.1 Å². The summed E-state index contributed by atoms with van der Waals surface area (Å²) >= 11 is 0. The molecule has 0 bridgehead atoms. The monoisotopic (exact) mass is 427 g/mol. The molecule has 31 heavy (non-hydrogen) atoms. The van der Waals surface area contributed by atoms with E-state index in [1.54, 1.807) is 0 Å². The van der Waals surface area contributed by atoms with Gasteiger partial charge in [-0.15, -0.1) is 0 Å². The molecule has 2 heterocycles. The lowest BCUT2D eigenvalue weighted by Crippen LogP contribution is -2.37. The highest BCUT2D eigenvalue weighted by Gasteiger charge is 2.48. The van der Waals surface area contributed by atoms with E-state index in [9.17, 15) is 19.2 Å². The molecule has 8 heteroatoms. The molecule has 1 aromatic rings. The first-order chi connectivity index (χ1) is 15.0. The predicted molar refractivity (Wildman–Crippen MR) is 114 cm³/mol. The van der Waals surface area contributed by atoms with Gasteiger partial charge < -0.3 is 15.0 Å². The molecule has 1 aromatic carbocycles. The summed E-state index contributed by atoms with van der Waals surface area (Å²) in [6.07, 6.45) is 6.90. The number of ether oxygens (including phenoxy) is 1. The van der Waals surface area contributed by atoms with Crippen LogP contribution < -0.4 is 10.2 Å². The quantitative estimate of drug-likeness (QED) is 0.553. The Bertz CT molecular complexity index is 823. The summed E-state index contributed by atoms with van der Waals surface area (Å²) in [6.45, 7) is 1.20. The summed E-state index contributed by atoms with van der Waals surface area (Å²) in [5, 5.41) is 2.70. The molecule has 0 unspecified atom stereocenters. The number of hydrogen-bond donors (Lipinski definition) is 1. The average molecular weight is 428 g/mol. The number of likely N-dealkylation sites (tertiary alicyclic amines) is 1. The minimum atomic E-state index is -0.754. The lowest BCUT2D eigenvalue weighted by molar-refractivity contribution is -0.154. The normalized spacial score (nSPS) is 23.5. The van der Waals surface area contributed by atoms with Crippen LogP contribution in [-0.2, 0) is 23.9 Å². The van der Waals surface area contributed by atoms with E-state index in [1.165, 1.54) is 19.3 Å². The molecule has 3 fully saturated rings. The Morgan fingerprint density at radius 1 is 0.903 bits per heavy atom. The Morgan fingerprint density at radius 3 is 2.13 bits per heavy atom. The van der Waals surface area contributed by atoms with E-state index in [-0.39, 0.29) is 23.7 Å². The van der Waals surface area contributed by atoms with E-state index in [0.717, 1.165) is 36.5 Å². The average Bonchev–Trinajstić information content (AvgIpc) is 3.04. The summed E-state index contributed by atoms with van der Waals surface area (Å²) in [7, 11) is 0. The van der Waals surface area contributed by atoms with Crippen LogP contribution in [0.25, 0.3) is 0 Å². The number of anilines is 2. The zero-order valence-electron chi connectivity index (χ0n) is 17.7. The zero-order chi connectivity index (χ0) is 21.8. The van der Waals surface area contributed by atoms with Crippen molar-refractivity contribution < 1.29 is 23.9 Å². The highest BCUT2D eigenvalue weighted by molar-refractivity contribution is 6.07. The number of amides is 3. The van der Waals surface area contributed by atoms with Gasteiger partial charge in [0.1, 0.15) is 6.54 Å². The molecular weight excluding hydrogens is 398 g/mol. The van der Waals surface area contributed by atoms with Crippen LogP contribution in [0.1, 0.15) is 44.9 Å². The summed E-state index contributed by atoms with van der Waals surface area (Å²) < 4.78 is 5.00. The fourth-order valence-corrected chi connectivity index (χ4v) is 4.81. The molecular formula is C23H29N3O5. The Labute approximate surface area is 181 Å². The molecule has 8 nitrogen and oxygen atoms in total. The van der Waals surface area contributed by atoms with E-state index < -0.39 is 25.0 Å². The molecule has 2 aliphatic heterocycles. The van der Waals surface area contributed by atoms with Crippen molar-refractivity contribution in [1.29, 1.82) is 0 Å². The first kappa shape index (κ1) is 21.3. The van der Waals surface area contributed by atoms with E-state index in [0.29, 0.717) is 18.5 Å². The SMILES string of the molecule is O=C(COC(=O)CN1C(=O)[C@@H]2CCCC[C@H]2C1=O)Nc1ccc(N2CCCCC2)cc1. The van der Waals surface area contributed by atoms with Crippen molar-refractivity contribution in [2.45, 2.75) is 44.9 Å². The number of nitrogens with zero attached hydrogens (tertiary/aromatic N) is 2. The number of imide groups is 1. The Morgan fingerprint density at radius 2 is 1.52 bits per heavy atom. The second kappa shape index (κ2) is 9.49. The van der Waals surface area contributed by atoms with E-state index in [4.69, 9.17) is 4.74 Å². The number of carbonyl (C=O) groups is 4. The van der Waals surface area contributed by atoms with Crippen LogP contribution in [0.3, 0.4) is 0 Å². The van der Waals surface area contributed by atoms with Crippen LogP contribution in [-0.4, -0.2) is 54.8 Å². The van der Waals surface area contributed by atoms with Crippen molar-refractivity contribution in [2.24, 2.45) is 11.8 Å². The third-order valence-corrected chi connectivity index (χ3v) is 6.46. The van der Waals surface area contributed by atoms with Crippen molar-refractivity contribution in [3.05, 3.63) is 24.3 Å². The number of rotatable bonds is 6. The second-order valence-electron chi connectivity index (χ2n) is 8.56. The van der Waals surface area contributed by atoms with Gasteiger partial charge in [-0.3, -0.25) is 24.1 Å². The largest absolute Gasteiger partial charge is 0.454 e. The molecule has 4 rings (SSSR count). The third-order valence-electron chi connectivity index (χ3n) is 6.46. The van der Waals surface area contributed by atoms with Crippen LogP contribution in [0.5, 0.6) is 0 Å². The molecule has 2 saturated heterocycles. The molecule has 1 aliphatic carbocycles. The highest BCUT2D eigenvalue weighted by Crippen LogP contribution is 2.37. The predicted octanol–water partition coefficient (Wildman–Crippen LogP) is 2.33. The molecule has 2 atom stereocenters. The van der Waals surface area contributed by atoms with Gasteiger partial charge in [-0.05, 0) is 56.4 Å². The molecule has 0 aromatic heterocycles. The topological polar surface area (TPSA) is 96.0 Å². The van der Waals surface area contributed by atoms with Gasteiger partial charge in [0, 0.05) is 24.5 Å². The Balaban J connectivity index is 1.23. The maximum absolute atomic E-state index is 12.4. The van der Waals surface area contributed by atoms with Gasteiger partial charge in [-0.25, -0.2) is 0 Å². The number of fused-ring (bicyclic) bond motifs is 1. The number of esters is 1. The van der Waals surface area contributed by atoms with Crippen molar-refractivity contribution in [1.82, 2.24) is 4.90 Å². The summed E-state index contributed by atoms with van der Waals surface area (Å²) in [4.78, 5) is 52.4. The molecule has 0 radical (unpaired) electrons. The maximum atomic E-state index is 12.4. The van der Waals surface area contributed by atoms with Crippen molar-refractivity contribution in [2.75, 3.05) is 36.5 Å². The van der Waals surface area contributed by atoms with Crippen LogP contribution in [0.2, 0.25) is 0 Å². The second-order valence-corrected chi connectivity index (χ2v) is 8.56. The van der Waals surface area contributed by atoms with Crippen molar-refractivity contribution in [3.8, 4) is 0 Å². The first-order valence-electron chi connectivity index (χ1n) is 11.2. The third kappa shape index (κ3) is 4.89. The maximum Gasteiger partial charge on any atom is 0.326 e. The van der Waals surface area contributed by atoms with Gasteiger partial charge in [0.05, 0.1) is 11.8 Å². The minimum Gasteiger partial charge on any atom is -0.454 e. The van der Waals surface area contributed by atoms with Gasteiger partial charge in [0.25, 0.3) is 5.91 Å². The molecule has 166 valence electrons. The molecule has 3 amide bonds. The summed E-state index contributed by atoms with van der Waals surface area (Å²) in [5.74, 6) is -2.40. The van der Waals surface area contributed by atoms with E-state index >= 15 is 0 Å². The number of piperidine rings is 1. The summed E-state index contributed by atoms with van der Waals surface area (Å²) in [5.41, 5.74) is 1.75. The molecule has 3 aliphatic rings. The molecule has 0 spiro atoms. The van der Waals surface area contributed by atoms with Crippen LogP contribution in [0, 0.1) is 11.8 Å². The molecule has 1 saturated carbocycles. The van der Waals surface area contributed by atoms with Crippen LogP contribution >= 0.6 is 0 Å². The van der Waals surface area contributed by atoms with E-state index in [2.05, 4.69) is 10.2 Å². The lowest BCUT2D eigenvalue weighted by Gasteiger charge is -2.28.